The van der Waals surface area contributed by atoms with Crippen LogP contribution in [0.5, 0.6) is 0 Å². The lowest BCUT2D eigenvalue weighted by Gasteiger charge is -2.37. The van der Waals surface area contributed by atoms with Crippen molar-refractivity contribution in [1.82, 2.24) is 0 Å². The summed E-state index contributed by atoms with van der Waals surface area (Å²) in [6.45, 7) is 3.81. The zero-order valence-corrected chi connectivity index (χ0v) is 10.6. The Morgan fingerprint density at radius 3 is 2.56 bits per heavy atom. The van der Waals surface area contributed by atoms with Crippen LogP contribution in [0.4, 0.5) is 0 Å². The Bertz CT molecular complexity index is 421. The van der Waals surface area contributed by atoms with Gasteiger partial charge in [0.05, 0.1) is 11.5 Å². The molecule has 1 aromatic heterocycles. The van der Waals surface area contributed by atoms with Crippen LogP contribution in [0.1, 0.15) is 43.0 Å². The molecule has 1 saturated carbocycles. The van der Waals surface area contributed by atoms with E-state index in [1.165, 1.54) is 0 Å². The molecule has 1 aliphatic rings. The zero-order chi connectivity index (χ0) is 11.8. The van der Waals surface area contributed by atoms with E-state index in [1.807, 2.05) is 18.4 Å². The smallest absolute Gasteiger partial charge is 0.115 e. The van der Waals surface area contributed by atoms with Crippen molar-refractivity contribution in [2.24, 2.45) is 5.41 Å². The van der Waals surface area contributed by atoms with Gasteiger partial charge in [0, 0.05) is 4.88 Å². The van der Waals surface area contributed by atoms with E-state index < -0.39 is 11.0 Å². The molecule has 1 atom stereocenters. The molecule has 1 unspecified atom stereocenters. The van der Waals surface area contributed by atoms with Crippen LogP contribution in [-0.4, -0.2) is 5.11 Å². The fraction of sp³-hybridized carbons (Fsp3) is 0.615. The maximum atomic E-state index is 10.8. The molecule has 0 amide bonds. The number of aryl methyl sites for hydroxylation is 1. The largest absolute Gasteiger partial charge is 0.383 e. The van der Waals surface area contributed by atoms with Crippen molar-refractivity contribution in [1.29, 1.82) is 5.26 Å². The van der Waals surface area contributed by atoms with Gasteiger partial charge < -0.3 is 5.11 Å². The number of thiophene rings is 1. The lowest BCUT2D eigenvalue weighted by Crippen LogP contribution is -2.40. The second-order valence-electron chi connectivity index (χ2n) is 4.91. The van der Waals surface area contributed by atoms with Gasteiger partial charge in [0.15, 0.2) is 0 Å². The maximum absolute atomic E-state index is 10.8. The molecular formula is C13H17NOS. The number of hydrogen-bond donors (Lipinski definition) is 1. The van der Waals surface area contributed by atoms with Crippen LogP contribution in [0.2, 0.25) is 0 Å². The van der Waals surface area contributed by atoms with Gasteiger partial charge in [-0.2, -0.15) is 5.26 Å². The highest BCUT2D eigenvalue weighted by molar-refractivity contribution is 7.10. The Morgan fingerprint density at radius 1 is 1.50 bits per heavy atom. The van der Waals surface area contributed by atoms with E-state index in [4.69, 9.17) is 0 Å². The highest BCUT2D eigenvalue weighted by Crippen LogP contribution is 2.52. The molecule has 1 fully saturated rings. The standard InChI is InChI=1S/C13H17NOS/c1-10-5-8-16-11(10)12(2,15)13(9-14)6-3-4-7-13/h5,8,15H,3-4,6-7H2,1-2H3. The van der Waals surface area contributed by atoms with Crippen LogP contribution in [0, 0.1) is 23.7 Å². The van der Waals surface area contributed by atoms with E-state index in [9.17, 15) is 10.4 Å². The fourth-order valence-electron chi connectivity index (χ4n) is 2.77. The molecule has 0 aromatic carbocycles. The predicted octanol–water partition coefficient (Wildman–Crippen LogP) is 3.35. The van der Waals surface area contributed by atoms with Gasteiger partial charge in [0.25, 0.3) is 0 Å². The molecule has 0 radical (unpaired) electrons. The number of nitrogens with zero attached hydrogens (tertiary/aromatic N) is 1. The molecule has 1 aliphatic carbocycles. The third-order valence-corrected chi connectivity index (χ3v) is 5.13. The second-order valence-corrected chi connectivity index (χ2v) is 5.82. The summed E-state index contributed by atoms with van der Waals surface area (Å²) in [4.78, 5) is 0.955. The van der Waals surface area contributed by atoms with Crippen molar-refractivity contribution in [3.05, 3.63) is 21.9 Å². The van der Waals surface area contributed by atoms with Crippen molar-refractivity contribution in [2.75, 3.05) is 0 Å². The molecule has 1 N–H and O–H groups in total. The van der Waals surface area contributed by atoms with E-state index in [0.29, 0.717) is 0 Å². The summed E-state index contributed by atoms with van der Waals surface area (Å²) in [5, 5.41) is 22.2. The average Bonchev–Trinajstić information content (AvgIpc) is 2.86. The van der Waals surface area contributed by atoms with E-state index in [0.717, 1.165) is 36.1 Å². The molecule has 86 valence electrons. The van der Waals surface area contributed by atoms with Crippen LogP contribution >= 0.6 is 11.3 Å². The Hall–Kier alpha value is -0.850. The van der Waals surface area contributed by atoms with Crippen molar-refractivity contribution in [2.45, 2.75) is 45.1 Å². The van der Waals surface area contributed by atoms with Crippen LogP contribution in [-0.2, 0) is 5.60 Å². The van der Waals surface area contributed by atoms with E-state index in [-0.39, 0.29) is 0 Å². The molecule has 1 aromatic rings. The number of rotatable bonds is 2. The summed E-state index contributed by atoms with van der Waals surface area (Å²) >= 11 is 1.56. The van der Waals surface area contributed by atoms with Gasteiger partial charge in [-0.15, -0.1) is 11.3 Å². The second kappa shape index (κ2) is 3.87. The predicted molar refractivity (Wildman–Crippen MR) is 65.1 cm³/mol. The van der Waals surface area contributed by atoms with Crippen LogP contribution in [0.15, 0.2) is 11.4 Å². The third-order valence-electron chi connectivity index (χ3n) is 3.91. The summed E-state index contributed by atoms with van der Waals surface area (Å²) in [5.41, 5.74) is -0.490. The minimum Gasteiger partial charge on any atom is -0.383 e. The van der Waals surface area contributed by atoms with Crippen molar-refractivity contribution in [3.8, 4) is 6.07 Å². The van der Waals surface area contributed by atoms with Crippen LogP contribution < -0.4 is 0 Å². The highest BCUT2D eigenvalue weighted by Gasteiger charge is 2.51. The first-order valence-corrected chi connectivity index (χ1v) is 6.60. The number of hydrogen-bond acceptors (Lipinski definition) is 3. The lowest BCUT2D eigenvalue weighted by molar-refractivity contribution is -0.0394. The Morgan fingerprint density at radius 2 is 2.12 bits per heavy atom. The van der Waals surface area contributed by atoms with Crippen LogP contribution in [0.25, 0.3) is 0 Å². The molecule has 2 rings (SSSR count). The van der Waals surface area contributed by atoms with Crippen molar-refractivity contribution in [3.63, 3.8) is 0 Å². The molecule has 1 heterocycles. The Kier molecular flexibility index (Phi) is 2.81. The van der Waals surface area contributed by atoms with Gasteiger partial charge in [0.1, 0.15) is 5.60 Å². The van der Waals surface area contributed by atoms with Gasteiger partial charge in [-0.25, -0.2) is 0 Å². The minimum absolute atomic E-state index is 0.581. The topological polar surface area (TPSA) is 44.0 Å². The van der Waals surface area contributed by atoms with Crippen molar-refractivity contribution < 1.29 is 5.11 Å². The third kappa shape index (κ3) is 1.49. The van der Waals surface area contributed by atoms with Gasteiger partial charge in [0.2, 0.25) is 0 Å². The summed E-state index contributed by atoms with van der Waals surface area (Å²) < 4.78 is 0. The molecule has 0 spiro atoms. The van der Waals surface area contributed by atoms with Gasteiger partial charge in [-0.3, -0.25) is 0 Å². The molecule has 3 heteroatoms. The van der Waals surface area contributed by atoms with Gasteiger partial charge in [-0.05, 0) is 43.7 Å². The number of nitriles is 1. The first-order valence-electron chi connectivity index (χ1n) is 5.72. The highest BCUT2D eigenvalue weighted by atomic mass is 32.1. The van der Waals surface area contributed by atoms with Crippen molar-refractivity contribution >= 4 is 11.3 Å². The molecule has 0 bridgehead atoms. The SMILES string of the molecule is Cc1ccsc1C(C)(O)C1(C#N)CCCC1. The maximum Gasteiger partial charge on any atom is 0.115 e. The first kappa shape index (κ1) is 11.6. The van der Waals surface area contributed by atoms with E-state index in [1.54, 1.807) is 18.3 Å². The Labute approximate surface area is 101 Å². The first-order chi connectivity index (χ1) is 7.53. The fourth-order valence-corrected chi connectivity index (χ4v) is 3.86. The average molecular weight is 235 g/mol. The quantitative estimate of drug-likeness (QED) is 0.854. The monoisotopic (exact) mass is 235 g/mol. The minimum atomic E-state index is -1.00. The molecule has 0 saturated heterocycles. The zero-order valence-electron chi connectivity index (χ0n) is 9.79. The Balaban J connectivity index is 2.46. The summed E-state index contributed by atoms with van der Waals surface area (Å²) in [6, 6.07) is 4.40. The summed E-state index contributed by atoms with van der Waals surface area (Å²) in [5.74, 6) is 0. The van der Waals surface area contributed by atoms with E-state index >= 15 is 0 Å². The molecule has 0 aliphatic heterocycles. The molecular weight excluding hydrogens is 218 g/mol. The van der Waals surface area contributed by atoms with Gasteiger partial charge >= 0.3 is 0 Å². The molecule has 2 nitrogen and oxygen atoms in total. The van der Waals surface area contributed by atoms with Gasteiger partial charge in [-0.1, -0.05) is 12.8 Å². The molecule has 16 heavy (non-hydrogen) atoms. The van der Waals surface area contributed by atoms with E-state index in [2.05, 4.69) is 6.07 Å². The summed E-state index contributed by atoms with van der Waals surface area (Å²) in [6.07, 6.45) is 3.73. The lowest BCUT2D eigenvalue weighted by atomic mass is 9.71. The van der Waals surface area contributed by atoms with Crippen LogP contribution in [0.3, 0.4) is 0 Å². The number of aliphatic hydroxyl groups is 1. The summed E-state index contributed by atoms with van der Waals surface area (Å²) in [7, 11) is 0. The normalized spacial score (nSPS) is 22.6.